The Bertz CT molecular complexity index is 663. The molecule has 2 rings (SSSR count). The average molecular weight is 327 g/mol. The van der Waals surface area contributed by atoms with Crippen LogP contribution in [0, 0.1) is 0 Å². The van der Waals surface area contributed by atoms with Crippen molar-refractivity contribution >= 4 is 5.97 Å². The monoisotopic (exact) mass is 327 g/mol. The number of carbonyl (C=O) groups is 1. The van der Waals surface area contributed by atoms with Crippen LogP contribution in [0.1, 0.15) is 42.1 Å². The second kappa shape index (κ2) is 7.97. The van der Waals surface area contributed by atoms with Crippen molar-refractivity contribution in [2.45, 2.75) is 44.8 Å². The summed E-state index contributed by atoms with van der Waals surface area (Å²) >= 11 is 0. The highest BCUT2D eigenvalue weighted by Gasteiger charge is 2.28. The Hall–Kier alpha value is -2.33. The molecule has 0 radical (unpaired) electrons. The van der Waals surface area contributed by atoms with Crippen molar-refractivity contribution in [3.8, 4) is 5.75 Å². The van der Waals surface area contributed by atoms with Crippen molar-refractivity contribution in [2.75, 3.05) is 0 Å². The number of hydrogen-bond acceptors (Lipinski definition) is 3. The number of carboxylic acids is 1. The molecule has 0 saturated heterocycles. The molecule has 128 valence electrons. The molecule has 24 heavy (non-hydrogen) atoms. The van der Waals surface area contributed by atoms with Gasteiger partial charge in [0.15, 0.2) is 0 Å². The normalized spacial score (nSPS) is 21.1. The Balaban J connectivity index is 2.31. The summed E-state index contributed by atoms with van der Waals surface area (Å²) in [5.41, 5.74) is 2.18. The zero-order valence-electron chi connectivity index (χ0n) is 14.1. The minimum Gasteiger partial charge on any atom is -0.507 e. The summed E-state index contributed by atoms with van der Waals surface area (Å²) in [7, 11) is 0. The SMILES string of the molecule is C=CC[C@@H]1CC(C)=C[C@@H](CC=C)N1Cc1ccc(O)c(C(=O)O)c1. The first-order chi connectivity index (χ1) is 11.5. The number of phenols is 1. The topological polar surface area (TPSA) is 60.8 Å². The molecule has 1 aromatic carbocycles. The van der Waals surface area contributed by atoms with E-state index >= 15 is 0 Å². The van der Waals surface area contributed by atoms with Crippen LogP contribution >= 0.6 is 0 Å². The van der Waals surface area contributed by atoms with E-state index in [-0.39, 0.29) is 17.4 Å². The predicted molar refractivity (Wildman–Crippen MR) is 96.2 cm³/mol. The van der Waals surface area contributed by atoms with Crippen molar-refractivity contribution < 1.29 is 15.0 Å². The number of nitrogens with zero attached hydrogens (tertiary/aromatic N) is 1. The highest BCUT2D eigenvalue weighted by atomic mass is 16.4. The van der Waals surface area contributed by atoms with Crippen LogP contribution in [0.4, 0.5) is 0 Å². The van der Waals surface area contributed by atoms with Gasteiger partial charge in [-0.05, 0) is 43.9 Å². The van der Waals surface area contributed by atoms with Gasteiger partial charge in [-0.2, -0.15) is 0 Å². The standard InChI is InChI=1S/C20H25NO3/c1-4-6-16-10-14(3)11-17(7-5-2)21(16)13-15-8-9-19(22)18(12-15)20(23)24/h4-5,8-10,12,16-17,22H,1-2,6-7,11,13H2,3H3,(H,23,24)/t16-,17-/m1/s1. The van der Waals surface area contributed by atoms with E-state index in [2.05, 4.69) is 31.1 Å². The van der Waals surface area contributed by atoms with E-state index < -0.39 is 5.97 Å². The number of aromatic hydroxyl groups is 1. The maximum Gasteiger partial charge on any atom is 0.339 e. The van der Waals surface area contributed by atoms with Crippen LogP contribution in [-0.4, -0.2) is 33.2 Å². The van der Waals surface area contributed by atoms with Gasteiger partial charge in [0.25, 0.3) is 0 Å². The molecule has 0 unspecified atom stereocenters. The van der Waals surface area contributed by atoms with Gasteiger partial charge >= 0.3 is 5.97 Å². The summed E-state index contributed by atoms with van der Waals surface area (Å²) < 4.78 is 0. The Kier molecular flexibility index (Phi) is 5.99. The molecule has 0 spiro atoms. The Morgan fingerprint density at radius 2 is 2.04 bits per heavy atom. The molecule has 0 bridgehead atoms. The number of carboxylic acid groups (broad SMARTS) is 1. The summed E-state index contributed by atoms with van der Waals surface area (Å²) in [6.45, 7) is 10.5. The molecule has 1 heterocycles. The first kappa shape index (κ1) is 18.0. The van der Waals surface area contributed by atoms with E-state index in [4.69, 9.17) is 0 Å². The van der Waals surface area contributed by atoms with Crippen LogP contribution in [-0.2, 0) is 6.54 Å². The van der Waals surface area contributed by atoms with Crippen molar-refractivity contribution in [1.82, 2.24) is 4.90 Å². The van der Waals surface area contributed by atoms with Gasteiger partial charge in [0.1, 0.15) is 11.3 Å². The minimum atomic E-state index is -1.12. The van der Waals surface area contributed by atoms with Gasteiger partial charge in [0.2, 0.25) is 0 Å². The summed E-state index contributed by atoms with van der Waals surface area (Å²) in [6, 6.07) is 5.36. The minimum absolute atomic E-state index is 0.0585. The molecule has 2 N–H and O–H groups in total. The van der Waals surface area contributed by atoms with Gasteiger partial charge < -0.3 is 10.2 Å². The van der Waals surface area contributed by atoms with Crippen LogP contribution < -0.4 is 0 Å². The Morgan fingerprint density at radius 3 is 2.67 bits per heavy atom. The molecule has 0 amide bonds. The molecule has 0 saturated carbocycles. The zero-order chi connectivity index (χ0) is 17.7. The van der Waals surface area contributed by atoms with Crippen LogP contribution in [0.15, 0.2) is 55.2 Å². The summed E-state index contributed by atoms with van der Waals surface area (Å²) in [6.07, 6.45) is 8.80. The lowest BCUT2D eigenvalue weighted by atomic mass is 9.92. The third-order valence-corrected chi connectivity index (χ3v) is 4.43. The predicted octanol–water partition coefficient (Wildman–Crippen LogP) is 4.13. The fourth-order valence-corrected chi connectivity index (χ4v) is 3.35. The molecule has 0 aromatic heterocycles. The molecule has 1 aliphatic rings. The molecule has 0 aliphatic carbocycles. The third kappa shape index (κ3) is 4.15. The summed E-state index contributed by atoms with van der Waals surface area (Å²) in [5.74, 6) is -1.32. The van der Waals surface area contributed by atoms with Crippen LogP contribution in [0.25, 0.3) is 0 Å². The van der Waals surface area contributed by atoms with E-state index in [0.29, 0.717) is 12.6 Å². The second-order valence-corrected chi connectivity index (χ2v) is 6.32. The second-order valence-electron chi connectivity index (χ2n) is 6.32. The van der Waals surface area contributed by atoms with Crippen LogP contribution in [0.2, 0.25) is 0 Å². The molecule has 4 nitrogen and oxygen atoms in total. The number of benzene rings is 1. The van der Waals surface area contributed by atoms with E-state index in [1.54, 1.807) is 12.1 Å². The maximum absolute atomic E-state index is 11.2. The first-order valence-electron chi connectivity index (χ1n) is 8.16. The number of rotatable bonds is 7. The van der Waals surface area contributed by atoms with E-state index in [1.165, 1.54) is 11.6 Å². The van der Waals surface area contributed by atoms with Gasteiger partial charge in [-0.3, -0.25) is 4.90 Å². The third-order valence-electron chi connectivity index (χ3n) is 4.43. The quantitative estimate of drug-likeness (QED) is 0.739. The molecule has 1 aliphatic heterocycles. The van der Waals surface area contributed by atoms with Gasteiger partial charge in [0.05, 0.1) is 0 Å². The van der Waals surface area contributed by atoms with Gasteiger partial charge in [-0.25, -0.2) is 4.79 Å². The lowest BCUT2D eigenvalue weighted by molar-refractivity contribution is 0.0693. The highest BCUT2D eigenvalue weighted by molar-refractivity contribution is 5.90. The fourth-order valence-electron chi connectivity index (χ4n) is 3.35. The molecule has 1 aromatic rings. The molecule has 2 atom stereocenters. The summed E-state index contributed by atoms with van der Waals surface area (Å²) in [5, 5.41) is 18.9. The molecular formula is C20H25NO3. The van der Waals surface area contributed by atoms with Crippen LogP contribution in [0.5, 0.6) is 5.75 Å². The lowest BCUT2D eigenvalue weighted by Crippen LogP contribution is -2.44. The van der Waals surface area contributed by atoms with Gasteiger partial charge in [-0.1, -0.05) is 29.9 Å². The maximum atomic E-state index is 11.2. The van der Waals surface area contributed by atoms with Crippen LogP contribution in [0.3, 0.4) is 0 Å². The first-order valence-corrected chi connectivity index (χ1v) is 8.16. The number of hydrogen-bond donors (Lipinski definition) is 2. The van der Waals surface area contributed by atoms with Crippen molar-refractivity contribution in [3.05, 3.63) is 66.3 Å². The highest BCUT2D eigenvalue weighted by Crippen LogP contribution is 2.29. The largest absolute Gasteiger partial charge is 0.507 e. The molecule has 4 heteroatoms. The van der Waals surface area contributed by atoms with Crippen molar-refractivity contribution in [1.29, 1.82) is 0 Å². The molecule has 0 fully saturated rings. The van der Waals surface area contributed by atoms with Crippen molar-refractivity contribution in [2.24, 2.45) is 0 Å². The fraction of sp³-hybridized carbons (Fsp3) is 0.350. The Labute approximate surface area is 143 Å². The smallest absolute Gasteiger partial charge is 0.339 e. The average Bonchev–Trinajstić information content (AvgIpc) is 2.52. The van der Waals surface area contributed by atoms with E-state index in [1.807, 2.05) is 12.2 Å². The lowest BCUT2D eigenvalue weighted by Gasteiger charge is -2.40. The van der Waals surface area contributed by atoms with Crippen molar-refractivity contribution in [3.63, 3.8) is 0 Å². The van der Waals surface area contributed by atoms with E-state index in [0.717, 1.165) is 24.8 Å². The molecular weight excluding hydrogens is 302 g/mol. The number of aromatic carboxylic acids is 1. The van der Waals surface area contributed by atoms with E-state index in [9.17, 15) is 15.0 Å². The summed E-state index contributed by atoms with van der Waals surface area (Å²) in [4.78, 5) is 13.6. The Morgan fingerprint density at radius 1 is 1.33 bits per heavy atom. The van der Waals surface area contributed by atoms with Gasteiger partial charge in [-0.15, -0.1) is 13.2 Å². The zero-order valence-corrected chi connectivity index (χ0v) is 14.1. The van der Waals surface area contributed by atoms with Gasteiger partial charge in [0, 0.05) is 18.6 Å².